The van der Waals surface area contributed by atoms with Gasteiger partial charge in [0, 0.05) is 26.1 Å². The highest BCUT2D eigenvalue weighted by atomic mass is 19.1. The second-order valence-electron chi connectivity index (χ2n) is 5.83. The summed E-state index contributed by atoms with van der Waals surface area (Å²) < 4.78 is 12.8. The van der Waals surface area contributed by atoms with Crippen molar-refractivity contribution in [3.63, 3.8) is 0 Å². The first-order valence-electron chi connectivity index (χ1n) is 8.45. The molecule has 0 aliphatic carbocycles. The zero-order valence-electron chi connectivity index (χ0n) is 14.2. The van der Waals surface area contributed by atoms with Crippen LogP contribution in [0.3, 0.4) is 0 Å². The van der Waals surface area contributed by atoms with Gasteiger partial charge < -0.3 is 5.32 Å². The smallest absolute Gasteiger partial charge is 0.221 e. The highest BCUT2D eigenvalue weighted by molar-refractivity contribution is 5.76. The molecule has 0 aromatic heterocycles. The molecule has 0 bridgehead atoms. The topological polar surface area (TPSA) is 32.3 Å². The van der Waals surface area contributed by atoms with Crippen molar-refractivity contribution in [2.24, 2.45) is 0 Å². The lowest BCUT2D eigenvalue weighted by Crippen LogP contribution is -2.31. The number of hydrogen-bond donors (Lipinski definition) is 1. The van der Waals surface area contributed by atoms with E-state index in [4.69, 9.17) is 0 Å². The lowest BCUT2D eigenvalue weighted by atomic mass is 10.1. The average molecular weight is 328 g/mol. The monoisotopic (exact) mass is 328 g/mol. The van der Waals surface area contributed by atoms with E-state index in [1.54, 1.807) is 12.1 Å². The van der Waals surface area contributed by atoms with E-state index in [0.717, 1.165) is 25.2 Å². The van der Waals surface area contributed by atoms with Gasteiger partial charge in [0.2, 0.25) is 5.91 Å². The molecule has 1 N–H and O–H groups in total. The van der Waals surface area contributed by atoms with Crippen LogP contribution in [0.1, 0.15) is 24.5 Å². The summed E-state index contributed by atoms with van der Waals surface area (Å²) in [4.78, 5) is 14.2. The van der Waals surface area contributed by atoms with E-state index in [1.165, 1.54) is 17.7 Å². The minimum absolute atomic E-state index is 0.0589. The van der Waals surface area contributed by atoms with Gasteiger partial charge in [-0.25, -0.2) is 4.39 Å². The third-order valence-corrected chi connectivity index (χ3v) is 4.00. The molecule has 2 rings (SSSR count). The minimum atomic E-state index is -0.235. The lowest BCUT2D eigenvalue weighted by Gasteiger charge is -2.20. The molecule has 0 saturated heterocycles. The van der Waals surface area contributed by atoms with Gasteiger partial charge in [0.25, 0.3) is 0 Å². The summed E-state index contributed by atoms with van der Waals surface area (Å²) in [5, 5.41) is 2.93. The standard InChI is InChI=1S/C20H25FN2O/c1-2-23(16-18-6-4-3-5-7-18)15-13-20(24)22-14-12-17-8-10-19(21)11-9-17/h3-11H,2,12-16H2,1H3,(H,22,24). The van der Waals surface area contributed by atoms with Crippen molar-refractivity contribution in [3.8, 4) is 0 Å². The van der Waals surface area contributed by atoms with Crippen molar-refractivity contribution in [1.29, 1.82) is 0 Å². The first-order chi connectivity index (χ1) is 11.7. The molecule has 0 spiro atoms. The van der Waals surface area contributed by atoms with Gasteiger partial charge in [0.1, 0.15) is 5.82 Å². The van der Waals surface area contributed by atoms with Crippen LogP contribution < -0.4 is 5.32 Å². The van der Waals surface area contributed by atoms with Gasteiger partial charge in [0.15, 0.2) is 0 Å². The van der Waals surface area contributed by atoms with Gasteiger partial charge >= 0.3 is 0 Å². The number of nitrogens with zero attached hydrogens (tertiary/aromatic N) is 1. The number of nitrogens with one attached hydrogen (secondary N) is 1. The molecule has 0 fully saturated rings. The van der Waals surface area contributed by atoms with Crippen LogP contribution >= 0.6 is 0 Å². The molecule has 0 atom stereocenters. The third-order valence-electron chi connectivity index (χ3n) is 4.00. The Bertz CT molecular complexity index is 613. The van der Waals surface area contributed by atoms with Gasteiger partial charge in [0.05, 0.1) is 0 Å². The van der Waals surface area contributed by atoms with E-state index in [2.05, 4.69) is 29.3 Å². The van der Waals surface area contributed by atoms with Gasteiger partial charge in [-0.1, -0.05) is 49.4 Å². The van der Waals surface area contributed by atoms with E-state index in [9.17, 15) is 9.18 Å². The molecule has 3 nitrogen and oxygen atoms in total. The summed E-state index contributed by atoms with van der Waals surface area (Å²) in [6.07, 6.45) is 1.21. The number of benzene rings is 2. The van der Waals surface area contributed by atoms with E-state index in [-0.39, 0.29) is 11.7 Å². The van der Waals surface area contributed by atoms with E-state index in [1.807, 2.05) is 18.2 Å². The van der Waals surface area contributed by atoms with Crippen molar-refractivity contribution in [1.82, 2.24) is 10.2 Å². The highest BCUT2D eigenvalue weighted by Crippen LogP contribution is 2.05. The summed E-state index contributed by atoms with van der Waals surface area (Å²) >= 11 is 0. The molecular weight excluding hydrogens is 303 g/mol. The third kappa shape index (κ3) is 6.50. The molecule has 2 aromatic carbocycles. The molecule has 1 amide bonds. The summed E-state index contributed by atoms with van der Waals surface area (Å²) in [5.41, 5.74) is 2.28. The molecule has 2 aromatic rings. The summed E-state index contributed by atoms with van der Waals surface area (Å²) in [5.74, 6) is -0.176. The Morgan fingerprint density at radius 2 is 1.75 bits per heavy atom. The Hall–Kier alpha value is -2.20. The van der Waals surface area contributed by atoms with Gasteiger partial charge in [-0.15, -0.1) is 0 Å². The molecule has 4 heteroatoms. The fourth-order valence-electron chi connectivity index (χ4n) is 2.54. The highest BCUT2D eigenvalue weighted by Gasteiger charge is 2.07. The van der Waals surface area contributed by atoms with Gasteiger partial charge in [-0.05, 0) is 36.2 Å². The lowest BCUT2D eigenvalue weighted by molar-refractivity contribution is -0.121. The Morgan fingerprint density at radius 1 is 1.04 bits per heavy atom. The molecule has 0 aliphatic rings. The minimum Gasteiger partial charge on any atom is -0.356 e. The second-order valence-corrected chi connectivity index (χ2v) is 5.83. The van der Waals surface area contributed by atoms with Crippen molar-refractivity contribution in [2.75, 3.05) is 19.6 Å². The largest absolute Gasteiger partial charge is 0.356 e. The first kappa shape index (κ1) is 18.1. The molecule has 0 heterocycles. The Balaban J connectivity index is 1.66. The summed E-state index contributed by atoms with van der Waals surface area (Å²) in [6.45, 7) is 5.20. The Kier molecular flexibility index (Phi) is 7.43. The predicted octanol–water partition coefficient (Wildman–Crippen LogP) is 3.40. The quantitative estimate of drug-likeness (QED) is 0.765. The van der Waals surface area contributed by atoms with Crippen LogP contribution in [0.15, 0.2) is 54.6 Å². The van der Waals surface area contributed by atoms with Crippen LogP contribution in [0.2, 0.25) is 0 Å². The number of halogens is 1. The maximum absolute atomic E-state index is 12.8. The zero-order valence-corrected chi connectivity index (χ0v) is 14.2. The predicted molar refractivity (Wildman–Crippen MR) is 95.1 cm³/mol. The molecule has 24 heavy (non-hydrogen) atoms. The summed E-state index contributed by atoms with van der Waals surface area (Å²) in [6, 6.07) is 16.7. The first-order valence-corrected chi connectivity index (χ1v) is 8.45. The maximum atomic E-state index is 12.8. The molecule has 0 aliphatic heterocycles. The van der Waals surface area contributed by atoms with Crippen LogP contribution in [0.4, 0.5) is 4.39 Å². The van der Waals surface area contributed by atoms with E-state index >= 15 is 0 Å². The molecule has 128 valence electrons. The zero-order chi connectivity index (χ0) is 17.2. The van der Waals surface area contributed by atoms with Gasteiger partial charge in [-0.3, -0.25) is 9.69 Å². The number of amides is 1. The molecule has 0 unspecified atom stereocenters. The maximum Gasteiger partial charge on any atom is 0.221 e. The second kappa shape index (κ2) is 9.83. The fourth-order valence-corrected chi connectivity index (χ4v) is 2.54. The van der Waals surface area contributed by atoms with Crippen LogP contribution in [0, 0.1) is 5.82 Å². The van der Waals surface area contributed by atoms with Crippen LogP contribution in [0.25, 0.3) is 0 Å². The SMILES string of the molecule is CCN(CCC(=O)NCCc1ccc(F)cc1)Cc1ccccc1. The number of carbonyl (C=O) groups excluding carboxylic acids is 1. The molecule has 0 radical (unpaired) electrons. The van der Waals surface area contributed by atoms with Crippen molar-refractivity contribution in [2.45, 2.75) is 26.3 Å². The normalized spacial score (nSPS) is 10.8. The fraction of sp³-hybridized carbons (Fsp3) is 0.350. The average Bonchev–Trinajstić information content (AvgIpc) is 2.61. The van der Waals surface area contributed by atoms with E-state index in [0.29, 0.717) is 19.4 Å². The van der Waals surface area contributed by atoms with Crippen LogP contribution in [0.5, 0.6) is 0 Å². The van der Waals surface area contributed by atoms with Crippen LogP contribution in [-0.4, -0.2) is 30.4 Å². The number of rotatable bonds is 9. The van der Waals surface area contributed by atoms with Crippen molar-refractivity contribution >= 4 is 5.91 Å². The Morgan fingerprint density at radius 3 is 2.42 bits per heavy atom. The van der Waals surface area contributed by atoms with Crippen molar-refractivity contribution < 1.29 is 9.18 Å². The Labute approximate surface area is 143 Å². The molecular formula is C20H25FN2O. The van der Waals surface area contributed by atoms with E-state index < -0.39 is 0 Å². The van der Waals surface area contributed by atoms with Crippen LogP contribution in [-0.2, 0) is 17.8 Å². The number of hydrogen-bond acceptors (Lipinski definition) is 2. The summed E-state index contributed by atoms with van der Waals surface area (Å²) in [7, 11) is 0. The number of carbonyl (C=O) groups is 1. The van der Waals surface area contributed by atoms with Crippen molar-refractivity contribution in [3.05, 3.63) is 71.5 Å². The van der Waals surface area contributed by atoms with Gasteiger partial charge in [-0.2, -0.15) is 0 Å². The molecule has 0 saturated carbocycles.